The van der Waals surface area contributed by atoms with Crippen molar-refractivity contribution in [1.29, 1.82) is 5.26 Å². The molecule has 21 heavy (non-hydrogen) atoms. The summed E-state index contributed by atoms with van der Waals surface area (Å²) < 4.78 is 19.3. The normalized spacial score (nSPS) is 11.4. The molecule has 0 fully saturated rings. The van der Waals surface area contributed by atoms with Crippen molar-refractivity contribution < 1.29 is 13.9 Å². The highest BCUT2D eigenvalue weighted by Crippen LogP contribution is 2.13. The number of ether oxygens (including phenoxy) is 1. The molecule has 0 radical (unpaired) electrons. The van der Waals surface area contributed by atoms with E-state index < -0.39 is 5.97 Å². The summed E-state index contributed by atoms with van der Waals surface area (Å²) in [6, 6.07) is 1.92. The molecule has 0 amide bonds. The summed E-state index contributed by atoms with van der Waals surface area (Å²) in [7, 11) is 0. The molecule has 6 nitrogen and oxygen atoms in total. The van der Waals surface area contributed by atoms with Gasteiger partial charge in [-0.05, 0) is 19.9 Å². The maximum Gasteiger partial charge on any atom is 0.358 e. The van der Waals surface area contributed by atoms with Crippen LogP contribution in [0.3, 0.4) is 0 Å². The Hall–Kier alpha value is -2.75. The van der Waals surface area contributed by atoms with Crippen molar-refractivity contribution in [3.8, 4) is 6.07 Å². The summed E-state index contributed by atoms with van der Waals surface area (Å²) in [6.45, 7) is 3.26. The van der Waals surface area contributed by atoms with Gasteiger partial charge in [0.25, 0.3) is 0 Å². The molecule has 0 N–H and O–H groups in total. The maximum atomic E-state index is 12.9. The average molecular weight is 288 g/mol. The SMILES string of the molecule is CCOC(=O)c1cn2cc(C#N)nc(C/C=C(/C)F)c2n1. The van der Waals surface area contributed by atoms with Gasteiger partial charge in [-0.2, -0.15) is 5.26 Å². The molecular weight excluding hydrogens is 275 g/mol. The Bertz CT molecular complexity index is 754. The Balaban J connectivity index is 2.53. The molecule has 0 saturated heterocycles. The Morgan fingerprint density at radius 3 is 2.90 bits per heavy atom. The molecule has 0 saturated carbocycles. The fourth-order valence-corrected chi connectivity index (χ4v) is 1.79. The van der Waals surface area contributed by atoms with Crippen LogP contribution in [0.1, 0.15) is 35.7 Å². The quantitative estimate of drug-likeness (QED) is 0.806. The maximum absolute atomic E-state index is 12.9. The number of nitriles is 1. The third-order valence-electron chi connectivity index (χ3n) is 2.68. The summed E-state index contributed by atoms with van der Waals surface area (Å²) in [5.41, 5.74) is 1.10. The number of hydrogen-bond acceptors (Lipinski definition) is 5. The number of carbonyl (C=O) groups excluding carboxylic acids is 1. The van der Waals surface area contributed by atoms with E-state index >= 15 is 0 Å². The van der Waals surface area contributed by atoms with E-state index in [9.17, 15) is 9.18 Å². The Morgan fingerprint density at radius 2 is 2.29 bits per heavy atom. The molecular formula is C14H13FN4O2. The second kappa shape index (κ2) is 6.13. The molecule has 108 valence electrons. The van der Waals surface area contributed by atoms with Crippen LogP contribution >= 0.6 is 0 Å². The van der Waals surface area contributed by atoms with Crippen LogP contribution in [0.2, 0.25) is 0 Å². The number of aromatic nitrogens is 3. The van der Waals surface area contributed by atoms with Crippen LogP contribution in [0.25, 0.3) is 5.65 Å². The van der Waals surface area contributed by atoms with E-state index in [4.69, 9.17) is 10.00 Å². The molecule has 0 spiro atoms. The number of esters is 1. The summed E-state index contributed by atoms with van der Waals surface area (Å²) in [4.78, 5) is 19.9. The van der Waals surface area contributed by atoms with Crippen molar-refractivity contribution in [3.05, 3.63) is 41.4 Å². The number of imidazole rings is 1. The Kier molecular flexibility index (Phi) is 4.28. The van der Waals surface area contributed by atoms with Gasteiger partial charge in [0, 0.05) is 18.8 Å². The Morgan fingerprint density at radius 1 is 1.52 bits per heavy atom. The van der Waals surface area contributed by atoms with Crippen molar-refractivity contribution >= 4 is 11.6 Å². The van der Waals surface area contributed by atoms with E-state index in [1.165, 1.54) is 29.8 Å². The second-order valence-electron chi connectivity index (χ2n) is 4.26. The van der Waals surface area contributed by atoms with E-state index in [0.29, 0.717) is 11.3 Å². The molecule has 2 heterocycles. The lowest BCUT2D eigenvalue weighted by Gasteiger charge is -2.00. The van der Waals surface area contributed by atoms with E-state index in [1.54, 1.807) is 6.92 Å². The Labute approximate surface area is 120 Å². The van der Waals surface area contributed by atoms with Crippen LogP contribution in [0.15, 0.2) is 24.3 Å². The fraction of sp³-hybridized carbons (Fsp3) is 0.286. The topological polar surface area (TPSA) is 80.3 Å². The highest BCUT2D eigenvalue weighted by Gasteiger charge is 2.15. The summed E-state index contributed by atoms with van der Waals surface area (Å²) in [5, 5.41) is 8.97. The van der Waals surface area contributed by atoms with Gasteiger partial charge >= 0.3 is 5.97 Å². The molecule has 2 aromatic rings. The van der Waals surface area contributed by atoms with E-state index in [0.717, 1.165) is 0 Å². The lowest BCUT2D eigenvalue weighted by Crippen LogP contribution is -2.04. The minimum atomic E-state index is -0.553. The summed E-state index contributed by atoms with van der Waals surface area (Å²) >= 11 is 0. The van der Waals surface area contributed by atoms with Crippen LogP contribution in [0.4, 0.5) is 4.39 Å². The molecule has 2 aromatic heterocycles. The predicted molar refractivity (Wildman–Crippen MR) is 72.2 cm³/mol. The van der Waals surface area contributed by atoms with Crippen molar-refractivity contribution in [2.75, 3.05) is 6.61 Å². The van der Waals surface area contributed by atoms with Gasteiger partial charge in [0.2, 0.25) is 0 Å². The zero-order chi connectivity index (χ0) is 15.4. The fourth-order valence-electron chi connectivity index (χ4n) is 1.79. The molecule has 0 bridgehead atoms. The first-order chi connectivity index (χ1) is 10.0. The van der Waals surface area contributed by atoms with E-state index in [2.05, 4.69) is 9.97 Å². The number of carbonyl (C=O) groups is 1. The van der Waals surface area contributed by atoms with E-state index in [1.807, 2.05) is 6.07 Å². The highest BCUT2D eigenvalue weighted by molar-refractivity contribution is 5.88. The molecule has 0 aliphatic heterocycles. The number of nitrogens with zero attached hydrogens (tertiary/aromatic N) is 4. The van der Waals surface area contributed by atoms with Crippen molar-refractivity contribution in [1.82, 2.24) is 14.4 Å². The number of halogens is 1. The number of fused-ring (bicyclic) bond motifs is 1. The van der Waals surface area contributed by atoms with Gasteiger partial charge in [-0.15, -0.1) is 0 Å². The van der Waals surface area contributed by atoms with Crippen LogP contribution in [-0.4, -0.2) is 26.9 Å². The first-order valence-corrected chi connectivity index (χ1v) is 6.33. The van der Waals surface area contributed by atoms with Crippen molar-refractivity contribution in [3.63, 3.8) is 0 Å². The molecule has 0 aliphatic rings. The summed E-state index contributed by atoms with van der Waals surface area (Å²) in [5.74, 6) is -0.905. The van der Waals surface area contributed by atoms with Gasteiger partial charge in [-0.25, -0.2) is 19.2 Å². The average Bonchev–Trinajstić information content (AvgIpc) is 2.88. The summed E-state index contributed by atoms with van der Waals surface area (Å²) in [6.07, 6.45) is 4.44. The first kappa shape index (κ1) is 14.7. The molecule has 2 rings (SSSR count). The third kappa shape index (κ3) is 3.23. The van der Waals surface area contributed by atoms with Crippen LogP contribution in [0, 0.1) is 11.3 Å². The number of rotatable bonds is 4. The molecule has 0 unspecified atom stereocenters. The first-order valence-electron chi connectivity index (χ1n) is 6.33. The predicted octanol–water partition coefficient (Wildman–Crippen LogP) is 2.19. The lowest BCUT2D eigenvalue weighted by atomic mass is 10.2. The zero-order valence-electron chi connectivity index (χ0n) is 11.6. The monoisotopic (exact) mass is 288 g/mol. The van der Waals surface area contributed by atoms with E-state index in [-0.39, 0.29) is 30.2 Å². The van der Waals surface area contributed by atoms with Gasteiger partial charge in [-0.1, -0.05) is 0 Å². The minimum Gasteiger partial charge on any atom is -0.461 e. The van der Waals surface area contributed by atoms with Gasteiger partial charge in [-0.3, -0.25) is 0 Å². The minimum absolute atomic E-state index is 0.121. The van der Waals surface area contributed by atoms with Crippen LogP contribution in [0.5, 0.6) is 0 Å². The lowest BCUT2D eigenvalue weighted by molar-refractivity contribution is 0.0520. The largest absolute Gasteiger partial charge is 0.461 e. The van der Waals surface area contributed by atoms with Crippen LogP contribution in [-0.2, 0) is 11.2 Å². The van der Waals surface area contributed by atoms with Gasteiger partial charge < -0.3 is 9.14 Å². The second-order valence-corrected chi connectivity index (χ2v) is 4.26. The molecule has 7 heteroatoms. The third-order valence-corrected chi connectivity index (χ3v) is 2.68. The molecule has 0 aromatic carbocycles. The smallest absolute Gasteiger partial charge is 0.358 e. The van der Waals surface area contributed by atoms with Crippen LogP contribution < -0.4 is 0 Å². The number of hydrogen-bond donors (Lipinski definition) is 0. The van der Waals surface area contributed by atoms with Crippen molar-refractivity contribution in [2.24, 2.45) is 0 Å². The molecule has 0 atom stereocenters. The van der Waals surface area contributed by atoms with Gasteiger partial charge in [0.05, 0.1) is 18.1 Å². The standard InChI is InChI=1S/C14H13FN4O2/c1-3-21-14(20)12-8-19-7-10(6-16)17-11(13(19)18-12)5-4-9(2)15/h4,7-8H,3,5H2,1-2H3/b9-4-. The zero-order valence-corrected chi connectivity index (χ0v) is 11.6. The highest BCUT2D eigenvalue weighted by atomic mass is 19.1. The number of allylic oxidation sites excluding steroid dienone is 2. The van der Waals surface area contributed by atoms with Crippen molar-refractivity contribution in [2.45, 2.75) is 20.3 Å². The van der Waals surface area contributed by atoms with Gasteiger partial charge in [0.1, 0.15) is 6.07 Å². The molecule has 0 aliphatic carbocycles. The van der Waals surface area contributed by atoms with Gasteiger partial charge in [0.15, 0.2) is 17.0 Å².